The van der Waals surface area contributed by atoms with Crippen molar-refractivity contribution >= 4 is 11.7 Å². The molecule has 1 rings (SSSR count). The Labute approximate surface area is 121 Å². The summed E-state index contributed by atoms with van der Waals surface area (Å²) in [6, 6.07) is 4.20. The number of hydrogen-bond donors (Lipinski definition) is 2. The lowest BCUT2D eigenvalue weighted by atomic mass is 10.2. The summed E-state index contributed by atoms with van der Waals surface area (Å²) in [6.45, 7) is 8.09. The van der Waals surface area contributed by atoms with E-state index in [1.54, 1.807) is 0 Å². The van der Waals surface area contributed by atoms with Crippen molar-refractivity contribution in [1.29, 1.82) is 0 Å². The van der Waals surface area contributed by atoms with Gasteiger partial charge in [-0.3, -0.25) is 9.69 Å². The summed E-state index contributed by atoms with van der Waals surface area (Å²) in [6.07, 6.45) is 2.94. The summed E-state index contributed by atoms with van der Waals surface area (Å²) in [5.74, 6) is 0.951. The van der Waals surface area contributed by atoms with Gasteiger partial charge in [0.2, 0.25) is 5.91 Å². The van der Waals surface area contributed by atoms with E-state index in [9.17, 15) is 4.79 Å². The van der Waals surface area contributed by atoms with Crippen LogP contribution in [0.15, 0.2) is 18.3 Å². The molecule has 0 aliphatic carbocycles. The van der Waals surface area contributed by atoms with Gasteiger partial charge in [-0.25, -0.2) is 4.98 Å². The molecule has 0 spiro atoms. The van der Waals surface area contributed by atoms with Crippen molar-refractivity contribution in [2.75, 3.05) is 25.5 Å². The molecule has 0 radical (unpaired) electrons. The SMILES string of the molecule is CCCNc1ccc(CN(C)CC(=O)NC(C)C)cn1. The fraction of sp³-hybridized carbons (Fsp3) is 0.600. The Kier molecular flexibility index (Phi) is 7.01. The second kappa shape index (κ2) is 8.53. The van der Waals surface area contributed by atoms with Gasteiger partial charge < -0.3 is 10.6 Å². The highest BCUT2D eigenvalue weighted by molar-refractivity contribution is 5.78. The minimum absolute atomic E-state index is 0.0525. The molecule has 0 atom stereocenters. The summed E-state index contributed by atoms with van der Waals surface area (Å²) in [4.78, 5) is 18.0. The van der Waals surface area contributed by atoms with Crippen LogP contribution in [-0.2, 0) is 11.3 Å². The van der Waals surface area contributed by atoms with E-state index in [4.69, 9.17) is 0 Å². The Balaban J connectivity index is 2.41. The zero-order valence-electron chi connectivity index (χ0n) is 12.9. The van der Waals surface area contributed by atoms with Crippen LogP contribution in [0.5, 0.6) is 0 Å². The molecule has 0 aromatic carbocycles. The van der Waals surface area contributed by atoms with Crippen molar-refractivity contribution in [2.24, 2.45) is 0 Å². The minimum Gasteiger partial charge on any atom is -0.370 e. The summed E-state index contributed by atoms with van der Waals surface area (Å²) in [5, 5.41) is 6.13. The molecule has 1 aromatic rings. The Morgan fingerprint density at radius 1 is 1.40 bits per heavy atom. The summed E-state index contributed by atoms with van der Waals surface area (Å²) < 4.78 is 0. The lowest BCUT2D eigenvalue weighted by Gasteiger charge is -2.17. The molecular formula is C15H26N4O. The quantitative estimate of drug-likeness (QED) is 0.762. The molecule has 5 heteroatoms. The number of carbonyl (C=O) groups is 1. The van der Waals surface area contributed by atoms with E-state index < -0.39 is 0 Å². The van der Waals surface area contributed by atoms with Gasteiger partial charge in [0.05, 0.1) is 6.54 Å². The monoisotopic (exact) mass is 278 g/mol. The fourth-order valence-corrected chi connectivity index (χ4v) is 1.86. The van der Waals surface area contributed by atoms with E-state index in [-0.39, 0.29) is 11.9 Å². The third-order valence-corrected chi connectivity index (χ3v) is 2.70. The molecular weight excluding hydrogens is 252 g/mol. The number of anilines is 1. The average Bonchev–Trinajstić information content (AvgIpc) is 2.36. The van der Waals surface area contributed by atoms with Crippen molar-refractivity contribution in [2.45, 2.75) is 39.8 Å². The van der Waals surface area contributed by atoms with Gasteiger partial charge in [0, 0.05) is 25.3 Å². The number of pyridine rings is 1. The van der Waals surface area contributed by atoms with Crippen molar-refractivity contribution in [3.8, 4) is 0 Å². The van der Waals surface area contributed by atoms with E-state index in [1.165, 1.54) is 0 Å². The zero-order chi connectivity index (χ0) is 15.0. The van der Waals surface area contributed by atoms with Gasteiger partial charge in [0.1, 0.15) is 5.82 Å². The highest BCUT2D eigenvalue weighted by atomic mass is 16.2. The second-order valence-electron chi connectivity index (χ2n) is 5.37. The number of carbonyl (C=O) groups excluding carboxylic acids is 1. The van der Waals surface area contributed by atoms with E-state index in [2.05, 4.69) is 22.5 Å². The predicted molar refractivity (Wildman–Crippen MR) is 82.6 cm³/mol. The van der Waals surface area contributed by atoms with Gasteiger partial charge in [-0.2, -0.15) is 0 Å². The Morgan fingerprint density at radius 2 is 2.15 bits per heavy atom. The first-order chi connectivity index (χ1) is 9.51. The Bertz CT molecular complexity index is 403. The maximum absolute atomic E-state index is 11.6. The van der Waals surface area contributed by atoms with Crippen molar-refractivity contribution in [3.05, 3.63) is 23.9 Å². The third kappa shape index (κ3) is 6.52. The third-order valence-electron chi connectivity index (χ3n) is 2.70. The van der Waals surface area contributed by atoms with Crippen LogP contribution in [0, 0.1) is 0 Å². The molecule has 0 unspecified atom stereocenters. The standard InChI is InChI=1S/C15H26N4O/c1-5-8-16-14-7-6-13(9-17-14)10-19(4)11-15(20)18-12(2)3/h6-7,9,12H,5,8,10-11H2,1-4H3,(H,16,17)(H,18,20). The first-order valence-electron chi connectivity index (χ1n) is 7.18. The highest BCUT2D eigenvalue weighted by Crippen LogP contribution is 2.07. The van der Waals surface area contributed by atoms with Crippen LogP contribution in [0.25, 0.3) is 0 Å². The van der Waals surface area contributed by atoms with Crippen LogP contribution in [0.4, 0.5) is 5.82 Å². The molecule has 5 nitrogen and oxygen atoms in total. The molecule has 0 saturated heterocycles. The number of aromatic nitrogens is 1. The molecule has 2 N–H and O–H groups in total. The van der Waals surface area contributed by atoms with Gasteiger partial charge in [0.15, 0.2) is 0 Å². The van der Waals surface area contributed by atoms with Gasteiger partial charge in [-0.1, -0.05) is 13.0 Å². The molecule has 1 amide bonds. The van der Waals surface area contributed by atoms with Gasteiger partial charge in [0.25, 0.3) is 0 Å². The molecule has 20 heavy (non-hydrogen) atoms. The first kappa shape index (κ1) is 16.4. The molecule has 0 aliphatic heterocycles. The molecule has 112 valence electrons. The number of hydrogen-bond acceptors (Lipinski definition) is 4. The lowest BCUT2D eigenvalue weighted by molar-refractivity contribution is -0.122. The van der Waals surface area contributed by atoms with E-state index in [0.29, 0.717) is 13.1 Å². The van der Waals surface area contributed by atoms with Gasteiger partial charge in [-0.05, 0) is 38.9 Å². The maximum Gasteiger partial charge on any atom is 0.234 e. The molecule has 1 heterocycles. The molecule has 1 aromatic heterocycles. The number of nitrogens with zero attached hydrogens (tertiary/aromatic N) is 2. The van der Waals surface area contributed by atoms with Gasteiger partial charge >= 0.3 is 0 Å². The van der Waals surface area contributed by atoms with Crippen LogP contribution in [0.2, 0.25) is 0 Å². The first-order valence-corrected chi connectivity index (χ1v) is 7.18. The van der Waals surface area contributed by atoms with Crippen LogP contribution >= 0.6 is 0 Å². The number of amides is 1. The lowest BCUT2D eigenvalue weighted by Crippen LogP contribution is -2.38. The molecule has 0 saturated carbocycles. The number of likely N-dealkylation sites (N-methyl/N-ethyl adjacent to an activating group) is 1. The minimum atomic E-state index is 0.0525. The summed E-state index contributed by atoms with van der Waals surface area (Å²) in [7, 11) is 1.93. The van der Waals surface area contributed by atoms with Gasteiger partial charge in [-0.15, -0.1) is 0 Å². The molecule has 0 bridgehead atoms. The van der Waals surface area contributed by atoms with E-state index in [0.717, 1.165) is 24.3 Å². The molecule has 0 aliphatic rings. The van der Waals surface area contributed by atoms with Crippen LogP contribution in [-0.4, -0.2) is 42.0 Å². The van der Waals surface area contributed by atoms with Crippen LogP contribution < -0.4 is 10.6 Å². The number of nitrogens with one attached hydrogen (secondary N) is 2. The topological polar surface area (TPSA) is 57.3 Å². The largest absolute Gasteiger partial charge is 0.370 e. The maximum atomic E-state index is 11.6. The summed E-state index contributed by atoms with van der Waals surface area (Å²) in [5.41, 5.74) is 1.10. The van der Waals surface area contributed by atoms with Crippen molar-refractivity contribution in [1.82, 2.24) is 15.2 Å². The Hall–Kier alpha value is -1.62. The predicted octanol–water partition coefficient (Wildman–Crippen LogP) is 1.86. The zero-order valence-corrected chi connectivity index (χ0v) is 12.9. The van der Waals surface area contributed by atoms with Crippen LogP contribution in [0.3, 0.4) is 0 Å². The average molecular weight is 278 g/mol. The van der Waals surface area contributed by atoms with Crippen LogP contribution in [0.1, 0.15) is 32.8 Å². The number of rotatable bonds is 8. The second-order valence-corrected chi connectivity index (χ2v) is 5.37. The molecule has 0 fully saturated rings. The summed E-state index contributed by atoms with van der Waals surface area (Å²) >= 11 is 0. The van der Waals surface area contributed by atoms with Crippen molar-refractivity contribution < 1.29 is 4.79 Å². The van der Waals surface area contributed by atoms with E-state index >= 15 is 0 Å². The Morgan fingerprint density at radius 3 is 2.70 bits per heavy atom. The van der Waals surface area contributed by atoms with Crippen molar-refractivity contribution in [3.63, 3.8) is 0 Å². The highest BCUT2D eigenvalue weighted by Gasteiger charge is 2.08. The van der Waals surface area contributed by atoms with E-state index in [1.807, 2.05) is 44.1 Å². The fourth-order valence-electron chi connectivity index (χ4n) is 1.86. The normalized spacial score (nSPS) is 10.9. The smallest absolute Gasteiger partial charge is 0.234 e.